The summed E-state index contributed by atoms with van der Waals surface area (Å²) in [6.45, 7) is 4.00. The molecule has 3 aromatic rings. The molecule has 1 aliphatic heterocycles. The molecule has 5 heteroatoms. The molecular formula is C18H20N4O. The lowest BCUT2D eigenvalue weighted by Gasteiger charge is -2.20. The highest BCUT2D eigenvalue weighted by Crippen LogP contribution is 2.32. The van der Waals surface area contributed by atoms with E-state index in [0.29, 0.717) is 6.10 Å². The number of nitrogens with one attached hydrogen (secondary N) is 1. The van der Waals surface area contributed by atoms with E-state index < -0.39 is 0 Å². The number of anilines is 1. The minimum atomic E-state index is 0.317. The maximum Gasteiger partial charge on any atom is 0.0762 e. The number of fused-ring (bicyclic) bond motifs is 1. The Bertz CT molecular complexity index is 842. The van der Waals surface area contributed by atoms with Crippen LogP contribution in [0.5, 0.6) is 0 Å². The molecule has 118 valence electrons. The Morgan fingerprint density at radius 3 is 2.96 bits per heavy atom. The van der Waals surface area contributed by atoms with E-state index in [2.05, 4.69) is 44.3 Å². The molecule has 0 saturated carbocycles. The Labute approximate surface area is 135 Å². The van der Waals surface area contributed by atoms with Crippen molar-refractivity contribution in [2.75, 3.05) is 25.1 Å². The van der Waals surface area contributed by atoms with Crippen LogP contribution >= 0.6 is 0 Å². The van der Waals surface area contributed by atoms with Crippen LogP contribution in [0.3, 0.4) is 0 Å². The van der Waals surface area contributed by atoms with Crippen molar-refractivity contribution in [3.8, 4) is 11.1 Å². The fourth-order valence-electron chi connectivity index (χ4n) is 3.36. The predicted molar refractivity (Wildman–Crippen MR) is 91.7 cm³/mol. The zero-order valence-corrected chi connectivity index (χ0v) is 13.4. The van der Waals surface area contributed by atoms with E-state index >= 15 is 0 Å². The molecule has 1 aromatic carbocycles. The molecule has 0 bridgehead atoms. The first-order valence-electron chi connectivity index (χ1n) is 7.93. The van der Waals surface area contributed by atoms with Crippen molar-refractivity contribution >= 4 is 16.6 Å². The molecule has 2 aromatic heterocycles. The van der Waals surface area contributed by atoms with Crippen molar-refractivity contribution in [2.45, 2.75) is 19.4 Å². The van der Waals surface area contributed by atoms with Gasteiger partial charge in [0.15, 0.2) is 0 Å². The first-order chi connectivity index (χ1) is 11.3. The summed E-state index contributed by atoms with van der Waals surface area (Å²) in [5, 5.41) is 8.32. The second kappa shape index (κ2) is 5.66. The van der Waals surface area contributed by atoms with E-state index in [1.54, 1.807) is 7.11 Å². The molecule has 1 fully saturated rings. The van der Waals surface area contributed by atoms with Gasteiger partial charge in [-0.3, -0.25) is 10.1 Å². The van der Waals surface area contributed by atoms with Gasteiger partial charge in [-0.1, -0.05) is 6.07 Å². The Morgan fingerprint density at radius 1 is 1.30 bits per heavy atom. The minimum Gasteiger partial charge on any atom is -0.380 e. The fraction of sp³-hybridized carbons (Fsp3) is 0.333. The topological polar surface area (TPSA) is 54.0 Å². The fourth-order valence-corrected chi connectivity index (χ4v) is 3.36. The average molecular weight is 308 g/mol. The zero-order valence-electron chi connectivity index (χ0n) is 13.4. The second-order valence-corrected chi connectivity index (χ2v) is 6.06. The van der Waals surface area contributed by atoms with Crippen molar-refractivity contribution in [3.63, 3.8) is 0 Å². The number of aromatic amines is 1. The van der Waals surface area contributed by atoms with Gasteiger partial charge in [-0.25, -0.2) is 0 Å². The molecule has 1 aliphatic rings. The summed E-state index contributed by atoms with van der Waals surface area (Å²) in [6, 6.07) is 8.52. The number of methoxy groups -OCH3 is 1. The first kappa shape index (κ1) is 14.2. The molecular weight excluding hydrogens is 288 g/mol. The number of aromatic nitrogens is 3. The summed E-state index contributed by atoms with van der Waals surface area (Å²) in [5.74, 6) is 0. The molecule has 3 heterocycles. The highest BCUT2D eigenvalue weighted by atomic mass is 16.5. The third-order valence-electron chi connectivity index (χ3n) is 4.68. The van der Waals surface area contributed by atoms with Crippen LogP contribution < -0.4 is 4.90 Å². The summed E-state index contributed by atoms with van der Waals surface area (Å²) in [7, 11) is 1.79. The molecule has 1 saturated heterocycles. The van der Waals surface area contributed by atoms with Crippen molar-refractivity contribution in [1.29, 1.82) is 0 Å². The number of hydrogen-bond donors (Lipinski definition) is 1. The molecule has 0 unspecified atom stereocenters. The number of nitrogens with zero attached hydrogens (tertiary/aromatic N) is 3. The van der Waals surface area contributed by atoms with Gasteiger partial charge in [-0.05, 0) is 37.1 Å². The molecule has 0 spiro atoms. The molecule has 4 rings (SSSR count). The Morgan fingerprint density at radius 2 is 2.22 bits per heavy atom. The minimum absolute atomic E-state index is 0.317. The maximum absolute atomic E-state index is 5.50. The van der Waals surface area contributed by atoms with Crippen molar-refractivity contribution in [1.82, 2.24) is 15.2 Å². The van der Waals surface area contributed by atoms with Crippen LogP contribution in [0, 0.1) is 6.92 Å². The number of rotatable bonds is 3. The number of hydrogen-bond acceptors (Lipinski definition) is 4. The monoisotopic (exact) mass is 308 g/mol. The maximum atomic E-state index is 5.50. The molecule has 0 amide bonds. The van der Waals surface area contributed by atoms with Crippen molar-refractivity contribution < 1.29 is 4.74 Å². The SMILES string of the molecule is CO[C@@H]1CCN(c2ccnc3ccc(-c4cn[nH]c4C)cc23)C1. The lowest BCUT2D eigenvalue weighted by atomic mass is 10.0. The summed E-state index contributed by atoms with van der Waals surface area (Å²) in [6.07, 6.45) is 5.16. The van der Waals surface area contributed by atoms with Gasteiger partial charge in [0.05, 0.1) is 17.8 Å². The van der Waals surface area contributed by atoms with Gasteiger partial charge in [0.2, 0.25) is 0 Å². The Kier molecular flexibility index (Phi) is 3.50. The molecule has 0 aliphatic carbocycles. The average Bonchev–Trinajstić information content (AvgIpc) is 3.22. The van der Waals surface area contributed by atoms with E-state index in [1.807, 2.05) is 19.3 Å². The standard InChI is InChI=1S/C18H20N4O/c1-12-16(10-20-21-12)13-3-4-17-15(9-13)18(5-7-19-17)22-8-6-14(11-22)23-2/h3-5,7,9-10,14H,6,8,11H2,1-2H3,(H,20,21)/t14-/m1/s1. The highest BCUT2D eigenvalue weighted by Gasteiger charge is 2.23. The van der Waals surface area contributed by atoms with E-state index in [1.165, 1.54) is 16.6 Å². The van der Waals surface area contributed by atoms with Crippen molar-refractivity contribution in [2.24, 2.45) is 0 Å². The van der Waals surface area contributed by atoms with Crippen molar-refractivity contribution in [3.05, 3.63) is 42.4 Å². The lowest BCUT2D eigenvalue weighted by Crippen LogP contribution is -2.22. The molecule has 5 nitrogen and oxygen atoms in total. The lowest BCUT2D eigenvalue weighted by molar-refractivity contribution is 0.121. The van der Waals surface area contributed by atoms with Gasteiger partial charge < -0.3 is 9.64 Å². The van der Waals surface area contributed by atoms with Gasteiger partial charge >= 0.3 is 0 Å². The third-order valence-corrected chi connectivity index (χ3v) is 4.68. The third kappa shape index (κ3) is 2.47. The summed E-state index contributed by atoms with van der Waals surface area (Å²) in [4.78, 5) is 6.91. The van der Waals surface area contributed by atoms with Gasteiger partial charge in [0.1, 0.15) is 0 Å². The van der Waals surface area contributed by atoms with Crippen LogP contribution in [-0.4, -0.2) is 41.5 Å². The first-order valence-corrected chi connectivity index (χ1v) is 7.93. The van der Waals surface area contributed by atoms with Gasteiger partial charge in [-0.15, -0.1) is 0 Å². The molecule has 0 radical (unpaired) electrons. The number of H-pyrrole nitrogens is 1. The second-order valence-electron chi connectivity index (χ2n) is 6.06. The Balaban J connectivity index is 1.81. The number of aryl methyl sites for hydroxylation is 1. The van der Waals surface area contributed by atoms with Crippen LogP contribution in [0.15, 0.2) is 36.7 Å². The molecule has 1 atom stereocenters. The highest BCUT2D eigenvalue weighted by molar-refractivity contribution is 5.95. The normalized spacial score (nSPS) is 18.0. The molecule has 1 N–H and O–H groups in total. The van der Waals surface area contributed by atoms with Crippen LogP contribution in [0.4, 0.5) is 5.69 Å². The number of ether oxygens (including phenoxy) is 1. The Hall–Kier alpha value is -2.40. The van der Waals surface area contributed by atoms with E-state index in [9.17, 15) is 0 Å². The number of pyridine rings is 1. The summed E-state index contributed by atoms with van der Waals surface area (Å²) < 4.78 is 5.50. The smallest absolute Gasteiger partial charge is 0.0762 e. The quantitative estimate of drug-likeness (QED) is 0.807. The largest absolute Gasteiger partial charge is 0.380 e. The molecule has 23 heavy (non-hydrogen) atoms. The van der Waals surface area contributed by atoms with E-state index in [-0.39, 0.29) is 0 Å². The van der Waals surface area contributed by atoms with E-state index in [0.717, 1.165) is 36.3 Å². The van der Waals surface area contributed by atoms with E-state index in [4.69, 9.17) is 4.74 Å². The van der Waals surface area contributed by atoms with Gasteiger partial charge in [-0.2, -0.15) is 5.10 Å². The van der Waals surface area contributed by atoms with Crippen LogP contribution in [-0.2, 0) is 4.74 Å². The van der Waals surface area contributed by atoms with Gasteiger partial charge in [0, 0.05) is 48.7 Å². The van der Waals surface area contributed by atoms with Crippen LogP contribution in [0.2, 0.25) is 0 Å². The number of benzene rings is 1. The summed E-state index contributed by atoms with van der Waals surface area (Å²) >= 11 is 0. The van der Waals surface area contributed by atoms with Gasteiger partial charge in [0.25, 0.3) is 0 Å². The summed E-state index contributed by atoms with van der Waals surface area (Å²) in [5.41, 5.74) is 5.64. The van der Waals surface area contributed by atoms with Crippen LogP contribution in [0.1, 0.15) is 12.1 Å². The predicted octanol–water partition coefficient (Wildman–Crippen LogP) is 3.16. The zero-order chi connectivity index (χ0) is 15.8. The van der Waals surface area contributed by atoms with Crippen LogP contribution in [0.25, 0.3) is 22.0 Å².